The molecular formula is C9H10ClNOS. The SMILES string of the molecule is CC(=O)CSc1c(N)cccc1Cl. The van der Waals surface area contributed by atoms with Gasteiger partial charge in [0.25, 0.3) is 0 Å². The van der Waals surface area contributed by atoms with E-state index in [4.69, 9.17) is 17.3 Å². The minimum Gasteiger partial charge on any atom is -0.398 e. The zero-order chi connectivity index (χ0) is 9.84. The Hall–Kier alpha value is -0.670. The number of carbonyl (C=O) groups excluding carboxylic acids is 1. The van der Waals surface area contributed by atoms with Crippen LogP contribution in [0.15, 0.2) is 23.1 Å². The molecule has 0 aliphatic heterocycles. The van der Waals surface area contributed by atoms with Crippen LogP contribution in [0.2, 0.25) is 5.02 Å². The molecule has 0 fully saturated rings. The van der Waals surface area contributed by atoms with Gasteiger partial charge in [0.1, 0.15) is 5.78 Å². The molecule has 0 aromatic heterocycles. The van der Waals surface area contributed by atoms with Gasteiger partial charge in [-0.05, 0) is 19.1 Å². The van der Waals surface area contributed by atoms with Gasteiger partial charge < -0.3 is 5.73 Å². The van der Waals surface area contributed by atoms with Crippen LogP contribution < -0.4 is 5.73 Å². The Kier molecular flexibility index (Phi) is 3.63. The van der Waals surface area contributed by atoms with Gasteiger partial charge in [0.05, 0.1) is 10.8 Å². The van der Waals surface area contributed by atoms with Crippen molar-refractivity contribution < 1.29 is 4.79 Å². The summed E-state index contributed by atoms with van der Waals surface area (Å²) >= 11 is 7.28. The first kappa shape index (κ1) is 10.4. The number of Topliss-reactive ketones (excluding diaryl/α,β-unsaturated/α-hetero) is 1. The van der Waals surface area contributed by atoms with E-state index in [9.17, 15) is 4.79 Å². The van der Waals surface area contributed by atoms with E-state index < -0.39 is 0 Å². The summed E-state index contributed by atoms with van der Waals surface area (Å²) in [6.45, 7) is 1.54. The fourth-order valence-electron chi connectivity index (χ4n) is 0.852. The zero-order valence-electron chi connectivity index (χ0n) is 7.21. The maximum Gasteiger partial charge on any atom is 0.140 e. The topological polar surface area (TPSA) is 43.1 Å². The number of halogens is 1. The number of hydrogen-bond donors (Lipinski definition) is 1. The van der Waals surface area contributed by atoms with Gasteiger partial charge in [-0.25, -0.2) is 0 Å². The van der Waals surface area contributed by atoms with Gasteiger partial charge >= 0.3 is 0 Å². The molecule has 70 valence electrons. The van der Waals surface area contributed by atoms with Gasteiger partial charge in [-0.1, -0.05) is 17.7 Å². The molecule has 2 N–H and O–H groups in total. The molecule has 2 nitrogen and oxygen atoms in total. The van der Waals surface area contributed by atoms with Crippen LogP contribution in [0.5, 0.6) is 0 Å². The molecule has 1 aromatic rings. The molecule has 0 aliphatic carbocycles. The molecule has 0 heterocycles. The van der Waals surface area contributed by atoms with Crippen molar-refractivity contribution >= 4 is 34.8 Å². The third kappa shape index (κ3) is 2.94. The molecule has 13 heavy (non-hydrogen) atoms. The lowest BCUT2D eigenvalue weighted by molar-refractivity contribution is -0.114. The monoisotopic (exact) mass is 215 g/mol. The Morgan fingerprint density at radius 1 is 1.62 bits per heavy atom. The lowest BCUT2D eigenvalue weighted by Crippen LogP contribution is -1.95. The number of anilines is 1. The number of hydrogen-bond acceptors (Lipinski definition) is 3. The number of benzene rings is 1. The van der Waals surface area contributed by atoms with E-state index in [1.54, 1.807) is 25.1 Å². The highest BCUT2D eigenvalue weighted by molar-refractivity contribution is 8.00. The summed E-state index contributed by atoms with van der Waals surface area (Å²) in [6.07, 6.45) is 0. The van der Waals surface area contributed by atoms with E-state index in [0.717, 1.165) is 4.90 Å². The van der Waals surface area contributed by atoms with Crippen molar-refractivity contribution in [2.24, 2.45) is 0 Å². The molecule has 0 spiro atoms. The van der Waals surface area contributed by atoms with E-state index in [2.05, 4.69) is 0 Å². The lowest BCUT2D eigenvalue weighted by Gasteiger charge is -2.05. The van der Waals surface area contributed by atoms with Crippen LogP contribution in [0.25, 0.3) is 0 Å². The van der Waals surface area contributed by atoms with Crippen LogP contribution in [-0.2, 0) is 4.79 Å². The fraction of sp³-hybridized carbons (Fsp3) is 0.222. The van der Waals surface area contributed by atoms with Crippen LogP contribution in [0.3, 0.4) is 0 Å². The predicted octanol–water partition coefficient (Wildman–Crippen LogP) is 2.60. The minimum atomic E-state index is 0.115. The van der Waals surface area contributed by atoms with E-state index in [0.29, 0.717) is 16.5 Å². The normalized spacial score (nSPS) is 10.0. The van der Waals surface area contributed by atoms with E-state index in [-0.39, 0.29) is 5.78 Å². The summed E-state index contributed by atoms with van der Waals surface area (Å²) in [5.74, 6) is 0.526. The molecule has 1 rings (SSSR count). The smallest absolute Gasteiger partial charge is 0.140 e. The summed E-state index contributed by atoms with van der Waals surface area (Å²) in [6, 6.07) is 5.32. The summed E-state index contributed by atoms with van der Waals surface area (Å²) in [7, 11) is 0. The van der Waals surface area contributed by atoms with Crippen LogP contribution in [0.4, 0.5) is 5.69 Å². The Balaban J connectivity index is 2.81. The number of nitrogen functional groups attached to an aromatic ring is 1. The standard InChI is InChI=1S/C9H10ClNOS/c1-6(12)5-13-9-7(10)3-2-4-8(9)11/h2-4H,5,11H2,1H3. The molecular weight excluding hydrogens is 206 g/mol. The molecule has 0 amide bonds. The largest absolute Gasteiger partial charge is 0.398 e. The second-order valence-corrected chi connectivity index (χ2v) is 4.04. The summed E-state index contributed by atoms with van der Waals surface area (Å²) in [4.78, 5) is 11.5. The summed E-state index contributed by atoms with van der Waals surface area (Å²) in [5, 5.41) is 0.603. The Labute approximate surface area is 86.5 Å². The van der Waals surface area contributed by atoms with E-state index in [1.807, 2.05) is 0 Å². The van der Waals surface area contributed by atoms with Crippen molar-refractivity contribution in [1.29, 1.82) is 0 Å². The Bertz CT molecular complexity index is 307. The highest BCUT2D eigenvalue weighted by atomic mass is 35.5. The van der Waals surface area contributed by atoms with Crippen LogP contribution in [0.1, 0.15) is 6.92 Å². The van der Waals surface area contributed by atoms with E-state index in [1.165, 1.54) is 11.8 Å². The van der Waals surface area contributed by atoms with Gasteiger partial charge in [-0.2, -0.15) is 0 Å². The molecule has 0 saturated carbocycles. The molecule has 0 saturated heterocycles. The lowest BCUT2D eigenvalue weighted by atomic mass is 10.3. The predicted molar refractivity (Wildman–Crippen MR) is 57.3 cm³/mol. The van der Waals surface area contributed by atoms with Crippen molar-refractivity contribution in [3.8, 4) is 0 Å². The van der Waals surface area contributed by atoms with Gasteiger partial charge in [0, 0.05) is 10.6 Å². The molecule has 0 atom stereocenters. The first-order chi connectivity index (χ1) is 6.11. The highest BCUT2D eigenvalue weighted by Gasteiger charge is 2.05. The highest BCUT2D eigenvalue weighted by Crippen LogP contribution is 2.32. The van der Waals surface area contributed by atoms with Gasteiger partial charge in [0.15, 0.2) is 0 Å². The average Bonchev–Trinajstić information content (AvgIpc) is 2.03. The second-order valence-electron chi connectivity index (χ2n) is 2.65. The fourth-order valence-corrected chi connectivity index (χ4v) is 1.99. The summed E-state index contributed by atoms with van der Waals surface area (Å²) in [5.41, 5.74) is 6.31. The van der Waals surface area contributed by atoms with Gasteiger partial charge in [-0.3, -0.25) is 4.79 Å². The Morgan fingerprint density at radius 3 is 2.85 bits per heavy atom. The van der Waals surface area contributed by atoms with E-state index >= 15 is 0 Å². The minimum absolute atomic E-state index is 0.115. The number of thioether (sulfide) groups is 1. The maximum atomic E-state index is 10.7. The van der Waals surface area contributed by atoms with Crippen molar-refractivity contribution in [2.45, 2.75) is 11.8 Å². The van der Waals surface area contributed by atoms with Crippen molar-refractivity contribution in [2.75, 3.05) is 11.5 Å². The molecule has 1 aromatic carbocycles. The van der Waals surface area contributed by atoms with Crippen LogP contribution in [-0.4, -0.2) is 11.5 Å². The van der Waals surface area contributed by atoms with Crippen molar-refractivity contribution in [3.05, 3.63) is 23.2 Å². The van der Waals surface area contributed by atoms with Crippen molar-refractivity contribution in [3.63, 3.8) is 0 Å². The van der Waals surface area contributed by atoms with Gasteiger partial charge in [0.2, 0.25) is 0 Å². The van der Waals surface area contributed by atoms with Crippen LogP contribution >= 0.6 is 23.4 Å². The van der Waals surface area contributed by atoms with Gasteiger partial charge in [-0.15, -0.1) is 11.8 Å². The van der Waals surface area contributed by atoms with Crippen molar-refractivity contribution in [1.82, 2.24) is 0 Å². The molecule has 0 radical (unpaired) electrons. The molecule has 0 aliphatic rings. The average molecular weight is 216 g/mol. The number of carbonyl (C=O) groups is 1. The summed E-state index contributed by atoms with van der Waals surface area (Å²) < 4.78 is 0. The first-order valence-corrected chi connectivity index (χ1v) is 5.14. The number of ketones is 1. The maximum absolute atomic E-state index is 10.7. The number of rotatable bonds is 3. The Morgan fingerprint density at radius 2 is 2.31 bits per heavy atom. The quantitative estimate of drug-likeness (QED) is 0.623. The third-order valence-corrected chi connectivity index (χ3v) is 3.14. The van der Waals surface area contributed by atoms with Crippen LogP contribution in [0, 0.1) is 0 Å². The molecule has 0 unspecified atom stereocenters. The molecule has 0 bridgehead atoms. The molecule has 4 heteroatoms. The number of nitrogens with two attached hydrogens (primary N) is 1. The zero-order valence-corrected chi connectivity index (χ0v) is 8.78. The third-order valence-electron chi connectivity index (χ3n) is 1.42. The first-order valence-electron chi connectivity index (χ1n) is 3.77. The second kappa shape index (κ2) is 4.53.